The molecule has 0 amide bonds. The molecule has 16 heavy (non-hydrogen) atoms. The summed E-state index contributed by atoms with van der Waals surface area (Å²) < 4.78 is 0. The fraction of sp³-hybridized carbons (Fsp3) is 0.769. The van der Waals surface area contributed by atoms with Crippen molar-refractivity contribution >= 4 is 5.97 Å². The highest BCUT2D eigenvalue weighted by Gasteiger charge is 2.19. The van der Waals surface area contributed by atoms with Crippen molar-refractivity contribution in [2.75, 3.05) is 13.1 Å². The first kappa shape index (κ1) is 13.2. The molecular formula is C13H23NO2. The number of aliphatic carboxylic acids is 1. The molecule has 1 aliphatic rings. The van der Waals surface area contributed by atoms with Crippen LogP contribution < -0.4 is 0 Å². The molecule has 1 fully saturated rings. The Hall–Kier alpha value is -0.830. The van der Waals surface area contributed by atoms with Gasteiger partial charge in [-0.25, -0.2) is 0 Å². The van der Waals surface area contributed by atoms with Crippen molar-refractivity contribution in [3.05, 3.63) is 12.7 Å². The molecule has 0 aromatic heterocycles. The van der Waals surface area contributed by atoms with Crippen molar-refractivity contribution in [2.45, 2.75) is 51.0 Å². The molecule has 0 heterocycles. The molecule has 1 rings (SSSR count). The van der Waals surface area contributed by atoms with Crippen LogP contribution in [0.5, 0.6) is 0 Å². The fourth-order valence-electron chi connectivity index (χ4n) is 2.45. The lowest BCUT2D eigenvalue weighted by Gasteiger charge is -2.29. The lowest BCUT2D eigenvalue weighted by Crippen LogP contribution is -2.36. The van der Waals surface area contributed by atoms with E-state index in [9.17, 15) is 4.79 Å². The number of hydrogen-bond donors (Lipinski definition) is 1. The van der Waals surface area contributed by atoms with E-state index in [4.69, 9.17) is 5.11 Å². The van der Waals surface area contributed by atoms with Crippen LogP contribution in [-0.4, -0.2) is 35.1 Å². The quantitative estimate of drug-likeness (QED) is 0.558. The molecular weight excluding hydrogens is 202 g/mol. The maximum atomic E-state index is 10.6. The molecule has 0 aromatic carbocycles. The Kier molecular flexibility index (Phi) is 6.16. The van der Waals surface area contributed by atoms with E-state index in [1.165, 1.54) is 38.5 Å². The minimum atomic E-state index is -0.706. The molecule has 0 aliphatic heterocycles. The Labute approximate surface area is 98.1 Å². The van der Waals surface area contributed by atoms with Crippen LogP contribution in [0.4, 0.5) is 0 Å². The smallest absolute Gasteiger partial charge is 0.304 e. The predicted octanol–water partition coefficient (Wildman–Crippen LogP) is 2.67. The number of carbonyl (C=O) groups is 1. The average Bonchev–Trinajstić information content (AvgIpc) is 2.52. The van der Waals surface area contributed by atoms with E-state index in [0.717, 1.165) is 6.54 Å². The zero-order valence-electron chi connectivity index (χ0n) is 10.0. The van der Waals surface area contributed by atoms with E-state index in [1.54, 1.807) is 0 Å². The van der Waals surface area contributed by atoms with Crippen LogP contribution in [0, 0.1) is 0 Å². The number of carboxylic acids is 1. The van der Waals surface area contributed by atoms with Gasteiger partial charge < -0.3 is 5.11 Å². The summed E-state index contributed by atoms with van der Waals surface area (Å²) in [6, 6.07) is 0.569. The van der Waals surface area contributed by atoms with Gasteiger partial charge in [0.15, 0.2) is 0 Å². The van der Waals surface area contributed by atoms with Crippen molar-refractivity contribution in [1.82, 2.24) is 4.90 Å². The number of nitrogens with zero attached hydrogens (tertiary/aromatic N) is 1. The van der Waals surface area contributed by atoms with Crippen LogP contribution >= 0.6 is 0 Å². The predicted molar refractivity (Wildman–Crippen MR) is 65.5 cm³/mol. The first-order valence-electron chi connectivity index (χ1n) is 6.30. The van der Waals surface area contributed by atoms with Gasteiger partial charge >= 0.3 is 5.97 Å². The summed E-state index contributed by atoms with van der Waals surface area (Å²) >= 11 is 0. The van der Waals surface area contributed by atoms with Gasteiger partial charge in [-0.05, 0) is 12.8 Å². The van der Waals surface area contributed by atoms with Crippen molar-refractivity contribution in [3.63, 3.8) is 0 Å². The first-order chi connectivity index (χ1) is 7.74. The van der Waals surface area contributed by atoms with Gasteiger partial charge in [-0.3, -0.25) is 9.69 Å². The molecule has 1 aliphatic carbocycles. The zero-order valence-corrected chi connectivity index (χ0v) is 10.0. The van der Waals surface area contributed by atoms with Crippen molar-refractivity contribution in [2.24, 2.45) is 0 Å². The third kappa shape index (κ3) is 4.79. The minimum absolute atomic E-state index is 0.240. The van der Waals surface area contributed by atoms with Gasteiger partial charge in [-0.1, -0.05) is 31.8 Å². The molecule has 0 bridgehead atoms. The summed E-state index contributed by atoms with van der Waals surface area (Å²) in [5.41, 5.74) is 0. The molecule has 0 aromatic rings. The normalized spacial score (nSPS) is 18.3. The number of hydrogen-bond acceptors (Lipinski definition) is 2. The number of carboxylic acid groups (broad SMARTS) is 1. The molecule has 92 valence electrons. The van der Waals surface area contributed by atoms with Crippen LogP contribution in [-0.2, 0) is 4.79 Å². The Morgan fingerprint density at radius 2 is 1.94 bits per heavy atom. The standard InChI is InChI=1S/C13H23NO2/c1-2-10-14(11-9-13(15)16)12-7-5-3-4-6-8-12/h2,12H,1,3-11H2,(H,15,16). The van der Waals surface area contributed by atoms with E-state index >= 15 is 0 Å². The van der Waals surface area contributed by atoms with E-state index in [1.807, 2.05) is 6.08 Å². The lowest BCUT2D eigenvalue weighted by molar-refractivity contribution is -0.137. The summed E-state index contributed by atoms with van der Waals surface area (Å²) in [5.74, 6) is -0.706. The monoisotopic (exact) mass is 225 g/mol. The van der Waals surface area contributed by atoms with Crippen LogP contribution in [0.1, 0.15) is 44.9 Å². The molecule has 3 nitrogen and oxygen atoms in total. The zero-order chi connectivity index (χ0) is 11.8. The topological polar surface area (TPSA) is 40.5 Å². The largest absolute Gasteiger partial charge is 0.481 e. The van der Waals surface area contributed by atoms with Crippen molar-refractivity contribution in [3.8, 4) is 0 Å². The summed E-state index contributed by atoms with van der Waals surface area (Å²) in [5, 5.41) is 8.73. The SMILES string of the molecule is C=CCN(CCC(=O)O)C1CCCCCC1. The second-order valence-electron chi connectivity index (χ2n) is 4.57. The molecule has 1 saturated carbocycles. The van der Waals surface area contributed by atoms with Gasteiger partial charge in [0.2, 0.25) is 0 Å². The summed E-state index contributed by atoms with van der Waals surface area (Å²) in [6.45, 7) is 5.23. The van der Waals surface area contributed by atoms with Crippen molar-refractivity contribution < 1.29 is 9.90 Å². The fourth-order valence-corrected chi connectivity index (χ4v) is 2.45. The first-order valence-corrected chi connectivity index (χ1v) is 6.30. The van der Waals surface area contributed by atoms with Crippen LogP contribution in [0.3, 0.4) is 0 Å². The van der Waals surface area contributed by atoms with E-state index in [2.05, 4.69) is 11.5 Å². The highest BCUT2D eigenvalue weighted by molar-refractivity contribution is 5.66. The third-order valence-electron chi connectivity index (χ3n) is 3.32. The Bertz CT molecular complexity index is 220. The molecule has 0 unspecified atom stereocenters. The van der Waals surface area contributed by atoms with Gasteiger partial charge in [-0.2, -0.15) is 0 Å². The molecule has 1 N–H and O–H groups in total. The van der Waals surface area contributed by atoms with Gasteiger partial charge in [0.25, 0.3) is 0 Å². The summed E-state index contributed by atoms with van der Waals surface area (Å²) in [4.78, 5) is 12.9. The minimum Gasteiger partial charge on any atom is -0.481 e. The summed E-state index contributed by atoms with van der Waals surface area (Å²) in [6.07, 6.45) is 9.78. The Morgan fingerprint density at radius 3 is 2.44 bits per heavy atom. The van der Waals surface area contributed by atoms with Crippen LogP contribution in [0.25, 0.3) is 0 Å². The highest BCUT2D eigenvalue weighted by atomic mass is 16.4. The Morgan fingerprint density at radius 1 is 1.31 bits per heavy atom. The lowest BCUT2D eigenvalue weighted by atomic mass is 10.1. The van der Waals surface area contributed by atoms with Gasteiger partial charge in [0, 0.05) is 19.1 Å². The van der Waals surface area contributed by atoms with E-state index in [-0.39, 0.29) is 6.42 Å². The van der Waals surface area contributed by atoms with Crippen molar-refractivity contribution in [1.29, 1.82) is 0 Å². The van der Waals surface area contributed by atoms with Crippen LogP contribution in [0.2, 0.25) is 0 Å². The van der Waals surface area contributed by atoms with Gasteiger partial charge in [-0.15, -0.1) is 6.58 Å². The second kappa shape index (κ2) is 7.44. The molecule has 3 heteroatoms. The summed E-state index contributed by atoms with van der Waals surface area (Å²) in [7, 11) is 0. The van der Waals surface area contributed by atoms with Gasteiger partial charge in [0.1, 0.15) is 0 Å². The molecule has 0 spiro atoms. The number of rotatable bonds is 6. The second-order valence-corrected chi connectivity index (χ2v) is 4.57. The van der Waals surface area contributed by atoms with E-state index < -0.39 is 5.97 Å². The Balaban J connectivity index is 2.45. The highest BCUT2D eigenvalue weighted by Crippen LogP contribution is 2.22. The third-order valence-corrected chi connectivity index (χ3v) is 3.32. The van der Waals surface area contributed by atoms with Crippen LogP contribution in [0.15, 0.2) is 12.7 Å². The molecule has 0 saturated heterocycles. The maximum Gasteiger partial charge on any atom is 0.304 e. The molecule has 0 atom stereocenters. The molecule has 0 radical (unpaired) electrons. The average molecular weight is 225 g/mol. The van der Waals surface area contributed by atoms with E-state index in [0.29, 0.717) is 12.6 Å². The maximum absolute atomic E-state index is 10.6. The van der Waals surface area contributed by atoms with Gasteiger partial charge in [0.05, 0.1) is 6.42 Å².